The third-order valence-electron chi connectivity index (χ3n) is 3.35. The number of rotatable bonds is 7. The first-order valence-electron chi connectivity index (χ1n) is 6.81. The van der Waals surface area contributed by atoms with Crippen molar-refractivity contribution in [3.63, 3.8) is 0 Å². The van der Waals surface area contributed by atoms with E-state index in [0.717, 1.165) is 29.3 Å². The Bertz CT molecular complexity index is 553. The molecule has 3 nitrogen and oxygen atoms in total. The summed E-state index contributed by atoms with van der Waals surface area (Å²) in [7, 11) is -3.43. The van der Waals surface area contributed by atoms with E-state index in [4.69, 9.17) is 0 Å². The van der Waals surface area contributed by atoms with E-state index in [1.807, 2.05) is 26.0 Å². The summed E-state index contributed by atoms with van der Waals surface area (Å²) < 4.78 is 27.5. The van der Waals surface area contributed by atoms with Crippen LogP contribution in [0.2, 0.25) is 0 Å². The molecule has 0 aliphatic heterocycles. The Labute approximate surface area is 131 Å². The fourth-order valence-electron chi connectivity index (χ4n) is 2.10. The monoisotopic (exact) mass is 361 g/mol. The van der Waals surface area contributed by atoms with Crippen LogP contribution in [0.15, 0.2) is 23.1 Å². The van der Waals surface area contributed by atoms with Crippen molar-refractivity contribution < 1.29 is 8.42 Å². The molecule has 1 rings (SSSR count). The summed E-state index contributed by atoms with van der Waals surface area (Å²) in [6.45, 7) is 8.41. The summed E-state index contributed by atoms with van der Waals surface area (Å²) >= 11 is 3.41. The largest absolute Gasteiger partial charge is 0.240 e. The van der Waals surface area contributed by atoms with Gasteiger partial charge < -0.3 is 0 Å². The van der Waals surface area contributed by atoms with Crippen LogP contribution in [-0.4, -0.2) is 20.3 Å². The number of alkyl halides is 1. The molecule has 0 aliphatic rings. The Morgan fingerprint density at radius 1 is 1.25 bits per heavy atom. The van der Waals surface area contributed by atoms with Crippen LogP contribution in [0.25, 0.3) is 0 Å². The third kappa shape index (κ3) is 5.19. The lowest BCUT2D eigenvalue weighted by Crippen LogP contribution is -2.34. The molecule has 0 atom stereocenters. The normalized spacial score (nSPS) is 12.7. The Hall–Kier alpha value is -0.390. The van der Waals surface area contributed by atoms with Crippen molar-refractivity contribution >= 4 is 26.0 Å². The first-order chi connectivity index (χ1) is 9.18. The molecular weight excluding hydrogens is 338 g/mol. The highest BCUT2D eigenvalue weighted by atomic mass is 79.9. The second-order valence-corrected chi connectivity index (χ2v) is 8.58. The zero-order chi connectivity index (χ0) is 15.4. The first kappa shape index (κ1) is 17.7. The van der Waals surface area contributed by atoms with Crippen LogP contribution in [0.4, 0.5) is 0 Å². The van der Waals surface area contributed by atoms with Crippen LogP contribution in [0.3, 0.4) is 0 Å². The van der Waals surface area contributed by atoms with Gasteiger partial charge in [0.1, 0.15) is 0 Å². The molecule has 114 valence electrons. The molecule has 0 unspecified atom stereocenters. The molecular formula is C15H24BrNO2S. The molecule has 0 saturated heterocycles. The van der Waals surface area contributed by atoms with E-state index in [1.165, 1.54) is 0 Å². The second kappa shape index (κ2) is 7.05. The Morgan fingerprint density at radius 2 is 1.90 bits per heavy atom. The summed E-state index contributed by atoms with van der Waals surface area (Å²) in [4.78, 5) is 0.374. The first-order valence-corrected chi connectivity index (χ1v) is 9.41. The molecule has 0 radical (unpaired) electrons. The molecule has 0 heterocycles. The molecule has 0 aromatic heterocycles. The average Bonchev–Trinajstić information content (AvgIpc) is 2.34. The Balaban J connectivity index is 2.80. The third-order valence-corrected chi connectivity index (χ3v) is 5.47. The predicted octanol–water partition coefficient (Wildman–Crippen LogP) is 3.78. The van der Waals surface area contributed by atoms with Gasteiger partial charge in [0.05, 0.1) is 4.90 Å². The number of halogens is 1. The lowest BCUT2D eigenvalue weighted by Gasteiger charge is -2.24. The highest BCUT2D eigenvalue weighted by Crippen LogP contribution is 2.23. The van der Waals surface area contributed by atoms with Crippen molar-refractivity contribution in [2.45, 2.75) is 45.4 Å². The second-order valence-electron chi connectivity index (χ2n) is 6.05. The molecule has 20 heavy (non-hydrogen) atoms. The summed E-state index contributed by atoms with van der Waals surface area (Å²) in [5.74, 6) is 0. The molecule has 0 fully saturated rings. The van der Waals surface area contributed by atoms with Crippen molar-refractivity contribution in [2.24, 2.45) is 5.41 Å². The van der Waals surface area contributed by atoms with Gasteiger partial charge in [0, 0.05) is 11.9 Å². The van der Waals surface area contributed by atoms with Gasteiger partial charge in [0.2, 0.25) is 10.0 Å². The fraction of sp³-hybridized carbons (Fsp3) is 0.600. The summed E-state index contributed by atoms with van der Waals surface area (Å²) in [5, 5.41) is 0.945. The number of sulfonamides is 1. The average molecular weight is 362 g/mol. The van der Waals surface area contributed by atoms with Gasteiger partial charge in [0.25, 0.3) is 0 Å². The van der Waals surface area contributed by atoms with E-state index in [2.05, 4.69) is 34.5 Å². The lowest BCUT2D eigenvalue weighted by molar-refractivity contribution is 0.332. The minimum absolute atomic E-state index is 0.0422. The zero-order valence-electron chi connectivity index (χ0n) is 12.7. The number of hydrogen-bond acceptors (Lipinski definition) is 2. The molecule has 5 heteroatoms. The maximum absolute atomic E-state index is 12.4. The van der Waals surface area contributed by atoms with Crippen molar-refractivity contribution in [1.82, 2.24) is 4.72 Å². The van der Waals surface area contributed by atoms with E-state index in [9.17, 15) is 8.42 Å². The van der Waals surface area contributed by atoms with Crippen LogP contribution in [-0.2, 0) is 10.0 Å². The van der Waals surface area contributed by atoms with Gasteiger partial charge in [-0.15, -0.1) is 0 Å². The van der Waals surface area contributed by atoms with Crippen molar-refractivity contribution in [3.8, 4) is 0 Å². The maximum Gasteiger partial charge on any atom is 0.240 e. The summed E-state index contributed by atoms with van der Waals surface area (Å²) in [6, 6.07) is 5.40. The minimum atomic E-state index is -3.43. The van der Waals surface area contributed by atoms with Crippen molar-refractivity contribution in [3.05, 3.63) is 29.3 Å². The topological polar surface area (TPSA) is 46.2 Å². The fourth-order valence-corrected chi connectivity index (χ4v) is 3.85. The smallest absolute Gasteiger partial charge is 0.211 e. The summed E-state index contributed by atoms with van der Waals surface area (Å²) in [5.41, 5.74) is 1.81. The molecule has 0 spiro atoms. The van der Waals surface area contributed by atoms with E-state index < -0.39 is 10.0 Å². The van der Waals surface area contributed by atoms with Crippen LogP contribution in [0.1, 0.15) is 37.8 Å². The minimum Gasteiger partial charge on any atom is -0.211 e. The summed E-state index contributed by atoms with van der Waals surface area (Å²) in [6.07, 6.45) is 2.02. The van der Waals surface area contributed by atoms with E-state index >= 15 is 0 Å². The number of hydrogen-bond donors (Lipinski definition) is 1. The van der Waals surface area contributed by atoms with Gasteiger partial charge >= 0.3 is 0 Å². The standard InChI is InChI=1S/C15H24BrNO2S/c1-12-6-7-14(13(2)10-12)20(18,19)17-11-15(3,4)8-5-9-16/h6-7,10,17H,5,8-9,11H2,1-4H3. The highest BCUT2D eigenvalue weighted by molar-refractivity contribution is 9.09. The molecule has 1 N–H and O–H groups in total. The van der Waals surface area contributed by atoms with Crippen LogP contribution >= 0.6 is 15.9 Å². The lowest BCUT2D eigenvalue weighted by atomic mass is 9.88. The zero-order valence-corrected chi connectivity index (χ0v) is 15.1. The predicted molar refractivity (Wildman–Crippen MR) is 87.9 cm³/mol. The van der Waals surface area contributed by atoms with E-state index in [1.54, 1.807) is 6.07 Å². The molecule has 0 saturated carbocycles. The SMILES string of the molecule is Cc1ccc(S(=O)(=O)NCC(C)(C)CCCBr)c(C)c1. The van der Waals surface area contributed by atoms with E-state index in [-0.39, 0.29) is 5.41 Å². The molecule has 0 aliphatic carbocycles. The van der Waals surface area contributed by atoms with Crippen LogP contribution in [0.5, 0.6) is 0 Å². The number of aryl methyl sites for hydroxylation is 2. The van der Waals surface area contributed by atoms with E-state index in [0.29, 0.717) is 11.4 Å². The number of benzene rings is 1. The number of nitrogens with one attached hydrogen (secondary N) is 1. The van der Waals surface area contributed by atoms with Gasteiger partial charge in [0.15, 0.2) is 0 Å². The quantitative estimate of drug-likeness (QED) is 0.751. The molecule has 1 aromatic rings. The van der Waals surface area contributed by atoms with Gasteiger partial charge in [-0.1, -0.05) is 47.5 Å². The molecule has 0 bridgehead atoms. The highest BCUT2D eigenvalue weighted by Gasteiger charge is 2.22. The van der Waals surface area contributed by atoms with Gasteiger partial charge in [-0.2, -0.15) is 0 Å². The molecule has 0 amide bonds. The van der Waals surface area contributed by atoms with Gasteiger partial charge in [-0.25, -0.2) is 13.1 Å². The van der Waals surface area contributed by atoms with Gasteiger partial charge in [-0.3, -0.25) is 0 Å². The Morgan fingerprint density at radius 3 is 2.45 bits per heavy atom. The molecule has 1 aromatic carbocycles. The van der Waals surface area contributed by atoms with Crippen LogP contribution < -0.4 is 4.72 Å². The Kier molecular flexibility index (Phi) is 6.23. The van der Waals surface area contributed by atoms with Crippen LogP contribution in [0, 0.1) is 19.3 Å². The van der Waals surface area contributed by atoms with Gasteiger partial charge in [-0.05, 0) is 43.7 Å². The van der Waals surface area contributed by atoms with Crippen molar-refractivity contribution in [1.29, 1.82) is 0 Å². The maximum atomic E-state index is 12.4. The van der Waals surface area contributed by atoms with Crippen molar-refractivity contribution in [2.75, 3.05) is 11.9 Å².